The van der Waals surface area contributed by atoms with E-state index in [2.05, 4.69) is 70.0 Å². The van der Waals surface area contributed by atoms with Crippen LogP contribution in [0.5, 0.6) is 0 Å². The maximum atomic E-state index is 3.75. The first-order chi connectivity index (χ1) is 7.08. The smallest absolute Gasteiger partial charge is 0.0186 e. The average molecular weight is 334 g/mol. The van der Waals surface area contributed by atoms with Crippen molar-refractivity contribution in [1.82, 2.24) is 0 Å². The molecule has 0 radical (unpaired) electrons. The van der Waals surface area contributed by atoms with Crippen LogP contribution in [0, 0.1) is 5.92 Å². The molecule has 0 saturated carbocycles. The second-order valence-corrected chi connectivity index (χ2v) is 6.61. The number of hydrogen-bond donors (Lipinski definition) is 0. The molecule has 15 heavy (non-hydrogen) atoms. The van der Waals surface area contributed by atoms with Gasteiger partial charge in [-0.2, -0.15) is 0 Å². The van der Waals surface area contributed by atoms with E-state index in [1.165, 1.54) is 18.4 Å². The zero-order valence-corrected chi connectivity index (χ0v) is 12.5. The van der Waals surface area contributed by atoms with Gasteiger partial charge in [-0.25, -0.2) is 0 Å². The first-order valence-corrected chi connectivity index (χ1v) is 7.17. The molecule has 84 valence electrons. The molecule has 0 aliphatic carbocycles. The number of halogens is 2. The van der Waals surface area contributed by atoms with Crippen molar-refractivity contribution in [2.24, 2.45) is 5.92 Å². The highest BCUT2D eigenvalue weighted by atomic mass is 79.9. The lowest BCUT2D eigenvalue weighted by Gasteiger charge is -2.11. The minimum atomic E-state index is 0.612. The van der Waals surface area contributed by atoms with Crippen LogP contribution in [-0.2, 0) is 6.42 Å². The van der Waals surface area contributed by atoms with Crippen molar-refractivity contribution in [1.29, 1.82) is 0 Å². The molecule has 1 rings (SSSR count). The molecule has 0 saturated heterocycles. The van der Waals surface area contributed by atoms with Gasteiger partial charge >= 0.3 is 0 Å². The Morgan fingerprint density at radius 1 is 1.07 bits per heavy atom. The van der Waals surface area contributed by atoms with Crippen LogP contribution in [0.2, 0.25) is 0 Å². The minimum Gasteiger partial charge on any atom is -0.0887 e. The molecule has 0 spiro atoms. The van der Waals surface area contributed by atoms with E-state index in [0.717, 1.165) is 16.8 Å². The summed E-state index contributed by atoms with van der Waals surface area (Å²) in [6, 6.07) is 8.59. The zero-order valence-electron chi connectivity index (χ0n) is 9.34. The van der Waals surface area contributed by atoms with E-state index in [1.807, 2.05) is 0 Å². The molecule has 2 heteroatoms. The van der Waals surface area contributed by atoms with Gasteiger partial charge in [-0.15, -0.1) is 0 Å². The third-order valence-corrected chi connectivity index (χ3v) is 3.74. The first kappa shape index (κ1) is 13.2. The predicted octanol–water partition coefficient (Wildman–Crippen LogP) is 5.19. The molecule has 0 bridgehead atoms. The van der Waals surface area contributed by atoms with Crippen molar-refractivity contribution in [2.45, 2.75) is 37.9 Å². The van der Waals surface area contributed by atoms with Crippen molar-refractivity contribution in [3.63, 3.8) is 0 Å². The standard InChI is InChI=1S/C13H18Br2/c1-10(2)3-6-13(15)9-11-4-7-12(14)8-5-11/h4-5,7-8,10,13H,3,6,9H2,1-2H3. The molecular formula is C13H18Br2. The Bertz CT molecular complexity index is 277. The maximum absolute atomic E-state index is 3.75. The van der Waals surface area contributed by atoms with Gasteiger partial charge in [0.2, 0.25) is 0 Å². The van der Waals surface area contributed by atoms with Gasteiger partial charge < -0.3 is 0 Å². The van der Waals surface area contributed by atoms with Gasteiger partial charge in [0, 0.05) is 9.30 Å². The summed E-state index contributed by atoms with van der Waals surface area (Å²) < 4.78 is 1.15. The van der Waals surface area contributed by atoms with Gasteiger partial charge in [-0.1, -0.05) is 57.8 Å². The van der Waals surface area contributed by atoms with E-state index < -0.39 is 0 Å². The summed E-state index contributed by atoms with van der Waals surface area (Å²) in [5.41, 5.74) is 1.41. The van der Waals surface area contributed by atoms with Crippen LogP contribution in [0.15, 0.2) is 28.7 Å². The Morgan fingerprint density at radius 2 is 1.67 bits per heavy atom. The van der Waals surface area contributed by atoms with Crippen LogP contribution in [0.3, 0.4) is 0 Å². The summed E-state index contributed by atoms with van der Waals surface area (Å²) in [6.45, 7) is 4.55. The fourth-order valence-electron chi connectivity index (χ4n) is 1.49. The lowest BCUT2D eigenvalue weighted by molar-refractivity contribution is 0.547. The Labute approximate surface area is 110 Å². The van der Waals surface area contributed by atoms with E-state index in [1.54, 1.807) is 0 Å². The number of hydrogen-bond acceptors (Lipinski definition) is 0. The van der Waals surface area contributed by atoms with Crippen LogP contribution < -0.4 is 0 Å². The lowest BCUT2D eigenvalue weighted by atomic mass is 10.0. The molecule has 0 nitrogen and oxygen atoms in total. The Morgan fingerprint density at radius 3 is 2.20 bits per heavy atom. The van der Waals surface area contributed by atoms with Gasteiger partial charge in [-0.3, -0.25) is 0 Å². The highest BCUT2D eigenvalue weighted by Crippen LogP contribution is 2.19. The van der Waals surface area contributed by atoms with E-state index in [-0.39, 0.29) is 0 Å². The Balaban J connectivity index is 2.37. The monoisotopic (exact) mass is 332 g/mol. The predicted molar refractivity (Wildman–Crippen MR) is 74.6 cm³/mol. The van der Waals surface area contributed by atoms with Crippen molar-refractivity contribution < 1.29 is 0 Å². The summed E-state index contributed by atoms with van der Waals surface area (Å²) in [4.78, 5) is 0.612. The molecule has 0 amide bonds. The molecule has 1 aromatic rings. The Hall–Kier alpha value is 0.180. The Kier molecular flexibility index (Phi) is 5.91. The molecule has 1 unspecified atom stereocenters. The number of benzene rings is 1. The molecule has 0 aromatic heterocycles. The first-order valence-electron chi connectivity index (χ1n) is 5.46. The quantitative estimate of drug-likeness (QED) is 0.650. The zero-order chi connectivity index (χ0) is 11.3. The highest BCUT2D eigenvalue weighted by Gasteiger charge is 2.06. The fraction of sp³-hybridized carbons (Fsp3) is 0.538. The number of alkyl halides is 1. The van der Waals surface area contributed by atoms with Crippen molar-refractivity contribution in [3.8, 4) is 0 Å². The summed E-state index contributed by atoms with van der Waals surface area (Å²) in [5, 5.41) is 0. The van der Waals surface area contributed by atoms with Crippen LogP contribution in [0.4, 0.5) is 0 Å². The number of rotatable bonds is 5. The van der Waals surface area contributed by atoms with Crippen LogP contribution in [-0.4, -0.2) is 4.83 Å². The van der Waals surface area contributed by atoms with Gasteiger partial charge in [0.15, 0.2) is 0 Å². The van der Waals surface area contributed by atoms with Crippen molar-refractivity contribution in [2.75, 3.05) is 0 Å². The van der Waals surface area contributed by atoms with E-state index in [0.29, 0.717) is 4.83 Å². The average Bonchev–Trinajstić information content (AvgIpc) is 2.19. The second kappa shape index (κ2) is 6.70. The molecule has 0 fully saturated rings. The third-order valence-electron chi connectivity index (χ3n) is 2.43. The highest BCUT2D eigenvalue weighted by molar-refractivity contribution is 9.10. The summed E-state index contributed by atoms with van der Waals surface area (Å²) in [6.07, 6.45) is 3.68. The van der Waals surface area contributed by atoms with Gasteiger partial charge in [-0.05, 0) is 42.9 Å². The van der Waals surface area contributed by atoms with Crippen molar-refractivity contribution in [3.05, 3.63) is 34.3 Å². The molecule has 0 N–H and O–H groups in total. The van der Waals surface area contributed by atoms with Crippen LogP contribution >= 0.6 is 31.9 Å². The van der Waals surface area contributed by atoms with E-state index >= 15 is 0 Å². The third kappa shape index (κ3) is 5.72. The molecule has 0 heterocycles. The SMILES string of the molecule is CC(C)CCC(Br)Cc1ccc(Br)cc1. The largest absolute Gasteiger partial charge is 0.0887 e. The minimum absolute atomic E-state index is 0.612. The van der Waals surface area contributed by atoms with Crippen LogP contribution in [0.25, 0.3) is 0 Å². The summed E-state index contributed by atoms with van der Waals surface area (Å²) >= 11 is 7.20. The van der Waals surface area contributed by atoms with Gasteiger partial charge in [0.1, 0.15) is 0 Å². The molecule has 1 aromatic carbocycles. The van der Waals surface area contributed by atoms with E-state index in [9.17, 15) is 0 Å². The topological polar surface area (TPSA) is 0 Å². The molecular weight excluding hydrogens is 316 g/mol. The molecule has 1 atom stereocenters. The fourth-order valence-corrected chi connectivity index (χ4v) is 2.39. The molecule has 0 aliphatic rings. The van der Waals surface area contributed by atoms with Gasteiger partial charge in [0.05, 0.1) is 0 Å². The van der Waals surface area contributed by atoms with Crippen molar-refractivity contribution >= 4 is 31.9 Å². The van der Waals surface area contributed by atoms with Crippen LogP contribution in [0.1, 0.15) is 32.3 Å². The molecule has 0 aliphatic heterocycles. The second-order valence-electron chi connectivity index (χ2n) is 4.40. The lowest BCUT2D eigenvalue weighted by Crippen LogP contribution is -2.04. The normalized spacial score (nSPS) is 13.1. The van der Waals surface area contributed by atoms with E-state index in [4.69, 9.17) is 0 Å². The summed E-state index contributed by atoms with van der Waals surface area (Å²) in [5.74, 6) is 0.801. The maximum Gasteiger partial charge on any atom is 0.0186 e. The summed E-state index contributed by atoms with van der Waals surface area (Å²) in [7, 11) is 0. The van der Waals surface area contributed by atoms with Gasteiger partial charge in [0.25, 0.3) is 0 Å².